The second kappa shape index (κ2) is 8.28. The van der Waals surface area contributed by atoms with E-state index in [1.165, 1.54) is 25.0 Å². The Morgan fingerprint density at radius 1 is 1.19 bits per heavy atom. The van der Waals surface area contributed by atoms with E-state index in [0.29, 0.717) is 29.8 Å². The predicted octanol–water partition coefficient (Wildman–Crippen LogP) is 4.12. The minimum Gasteiger partial charge on any atom is -0.338 e. The number of aryl methyl sites for hydroxylation is 1. The number of H-pyrrole nitrogens is 1. The molecule has 0 spiro atoms. The molecule has 1 atom stereocenters. The zero-order chi connectivity index (χ0) is 21.5. The molecule has 2 fully saturated rings. The number of nitrogens with two attached hydrogens (primary N) is 1. The summed E-state index contributed by atoms with van der Waals surface area (Å²) in [4.78, 5) is 20.4. The normalized spacial score (nSPS) is 19.2. The van der Waals surface area contributed by atoms with Crippen LogP contribution in [0.25, 0.3) is 22.4 Å². The number of imidazole rings is 1. The quantitative estimate of drug-likeness (QED) is 0.624. The predicted molar refractivity (Wildman–Crippen MR) is 120 cm³/mol. The molecule has 6 nitrogen and oxygen atoms in total. The summed E-state index contributed by atoms with van der Waals surface area (Å²) in [5.74, 6) is 2.75. The smallest absolute Gasteiger partial charge is 0.141 e. The Hall–Kier alpha value is -2.38. The van der Waals surface area contributed by atoms with Gasteiger partial charge in [0.05, 0.1) is 22.3 Å². The summed E-state index contributed by atoms with van der Waals surface area (Å²) in [6.45, 7) is 4.77. The number of aromatic nitrogens is 4. The number of rotatable bonds is 6. The standard InChI is InChI=1S/C24H31FN6/c1-14-11-17(25)12-20-21(14)29-24(28-20)19-13-27-23(30-22(19)16-3-4-16)18(5-8-26)15-6-9-31(2)10-7-15/h11-13,15-16,18H,3-10,26H2,1-2H3,(H,28,29). The number of likely N-dealkylation sites (tertiary alicyclic amines) is 1. The van der Waals surface area contributed by atoms with Gasteiger partial charge in [-0.2, -0.15) is 0 Å². The summed E-state index contributed by atoms with van der Waals surface area (Å²) < 4.78 is 13.9. The second-order valence-corrected chi connectivity index (χ2v) is 9.33. The van der Waals surface area contributed by atoms with Gasteiger partial charge in [-0.15, -0.1) is 0 Å². The highest BCUT2D eigenvalue weighted by Gasteiger charge is 2.33. The first-order chi connectivity index (χ1) is 15.0. The van der Waals surface area contributed by atoms with E-state index < -0.39 is 0 Å². The van der Waals surface area contributed by atoms with Crippen LogP contribution < -0.4 is 5.73 Å². The first-order valence-corrected chi connectivity index (χ1v) is 11.4. The van der Waals surface area contributed by atoms with E-state index in [1.807, 2.05) is 13.1 Å². The van der Waals surface area contributed by atoms with Crippen LogP contribution in [0.4, 0.5) is 4.39 Å². The van der Waals surface area contributed by atoms with Crippen molar-refractivity contribution in [2.24, 2.45) is 11.7 Å². The molecule has 31 heavy (non-hydrogen) atoms. The lowest BCUT2D eigenvalue weighted by atomic mass is 9.81. The molecule has 1 saturated heterocycles. The number of nitrogens with one attached hydrogen (secondary N) is 1. The van der Waals surface area contributed by atoms with E-state index in [1.54, 1.807) is 0 Å². The Labute approximate surface area is 182 Å². The van der Waals surface area contributed by atoms with Crippen LogP contribution in [-0.4, -0.2) is 51.5 Å². The Balaban J connectivity index is 1.52. The Morgan fingerprint density at radius 2 is 1.97 bits per heavy atom. The number of aromatic amines is 1. The fraction of sp³-hybridized carbons (Fsp3) is 0.542. The molecule has 3 aromatic rings. The number of benzene rings is 1. The molecule has 164 valence electrons. The van der Waals surface area contributed by atoms with Crippen LogP contribution >= 0.6 is 0 Å². The lowest BCUT2D eigenvalue weighted by Gasteiger charge is -2.33. The van der Waals surface area contributed by atoms with Gasteiger partial charge in [-0.05, 0) is 89.3 Å². The molecule has 1 aliphatic carbocycles. The van der Waals surface area contributed by atoms with Crippen molar-refractivity contribution in [2.45, 2.75) is 50.9 Å². The monoisotopic (exact) mass is 422 g/mol. The molecule has 1 aliphatic heterocycles. The molecule has 3 N–H and O–H groups in total. The van der Waals surface area contributed by atoms with Crippen molar-refractivity contribution in [3.05, 3.63) is 41.2 Å². The summed E-state index contributed by atoms with van der Waals surface area (Å²) in [6.07, 6.45) is 7.47. The van der Waals surface area contributed by atoms with Gasteiger partial charge in [0.1, 0.15) is 17.5 Å². The van der Waals surface area contributed by atoms with Crippen LogP contribution in [0.1, 0.15) is 61.0 Å². The van der Waals surface area contributed by atoms with Crippen molar-refractivity contribution in [3.63, 3.8) is 0 Å². The Morgan fingerprint density at radius 3 is 2.68 bits per heavy atom. The zero-order valence-electron chi connectivity index (χ0n) is 18.4. The van der Waals surface area contributed by atoms with Gasteiger partial charge in [-0.1, -0.05) is 0 Å². The molecule has 2 aromatic heterocycles. The fourth-order valence-corrected chi connectivity index (χ4v) is 5.00. The van der Waals surface area contributed by atoms with Crippen molar-refractivity contribution in [1.29, 1.82) is 0 Å². The summed E-state index contributed by atoms with van der Waals surface area (Å²) in [5.41, 5.74) is 10.4. The molecule has 7 heteroatoms. The van der Waals surface area contributed by atoms with E-state index in [-0.39, 0.29) is 5.82 Å². The molecule has 2 aliphatic rings. The second-order valence-electron chi connectivity index (χ2n) is 9.33. The molecule has 1 aromatic carbocycles. The van der Waals surface area contributed by atoms with E-state index >= 15 is 0 Å². The minimum absolute atomic E-state index is 0.253. The summed E-state index contributed by atoms with van der Waals surface area (Å²) in [6, 6.07) is 3.02. The lowest BCUT2D eigenvalue weighted by Crippen LogP contribution is -2.33. The van der Waals surface area contributed by atoms with Gasteiger partial charge in [0.2, 0.25) is 0 Å². The third kappa shape index (κ3) is 4.08. The topological polar surface area (TPSA) is 83.7 Å². The first kappa shape index (κ1) is 20.5. The highest BCUT2D eigenvalue weighted by molar-refractivity contribution is 5.82. The van der Waals surface area contributed by atoms with Gasteiger partial charge in [0, 0.05) is 18.0 Å². The molecule has 0 radical (unpaired) electrons. The van der Waals surface area contributed by atoms with Gasteiger partial charge in [0.25, 0.3) is 0 Å². The summed E-state index contributed by atoms with van der Waals surface area (Å²) >= 11 is 0. The maximum Gasteiger partial charge on any atom is 0.141 e. The van der Waals surface area contributed by atoms with Crippen LogP contribution in [0.3, 0.4) is 0 Å². The third-order valence-electron chi connectivity index (χ3n) is 6.94. The highest BCUT2D eigenvalue weighted by Crippen LogP contribution is 2.44. The maximum absolute atomic E-state index is 13.9. The van der Waals surface area contributed by atoms with E-state index in [0.717, 1.165) is 66.3 Å². The van der Waals surface area contributed by atoms with Crippen LogP contribution in [0, 0.1) is 18.7 Å². The van der Waals surface area contributed by atoms with Crippen LogP contribution in [0.2, 0.25) is 0 Å². The van der Waals surface area contributed by atoms with E-state index in [9.17, 15) is 4.39 Å². The SMILES string of the molecule is Cc1cc(F)cc2[nH]c(-c3cnc(C(CCN)C4CCN(C)CC4)nc3C3CC3)nc12. The average molecular weight is 423 g/mol. The number of halogens is 1. The summed E-state index contributed by atoms with van der Waals surface area (Å²) in [7, 11) is 2.19. The molecule has 0 bridgehead atoms. The van der Waals surface area contributed by atoms with Gasteiger partial charge in [-0.3, -0.25) is 0 Å². The molecule has 0 amide bonds. The van der Waals surface area contributed by atoms with Gasteiger partial charge in [0.15, 0.2) is 0 Å². The lowest BCUT2D eigenvalue weighted by molar-refractivity contribution is 0.191. The molecule has 5 rings (SSSR count). The maximum atomic E-state index is 13.9. The number of hydrogen-bond acceptors (Lipinski definition) is 5. The molecular formula is C24H31FN6. The minimum atomic E-state index is -0.253. The van der Waals surface area contributed by atoms with Crippen molar-refractivity contribution >= 4 is 11.0 Å². The fourth-order valence-electron chi connectivity index (χ4n) is 5.00. The Bertz CT molecular complexity index is 1080. The number of hydrogen-bond donors (Lipinski definition) is 2. The first-order valence-electron chi connectivity index (χ1n) is 11.4. The van der Waals surface area contributed by atoms with Crippen molar-refractivity contribution in [2.75, 3.05) is 26.7 Å². The molecular weight excluding hydrogens is 391 g/mol. The number of piperidine rings is 1. The van der Waals surface area contributed by atoms with Gasteiger partial charge >= 0.3 is 0 Å². The third-order valence-corrected chi connectivity index (χ3v) is 6.94. The number of fused-ring (bicyclic) bond motifs is 1. The summed E-state index contributed by atoms with van der Waals surface area (Å²) in [5, 5.41) is 0. The van der Waals surface area contributed by atoms with Crippen LogP contribution in [0.15, 0.2) is 18.3 Å². The Kier molecular flexibility index (Phi) is 5.48. The van der Waals surface area contributed by atoms with Crippen molar-refractivity contribution in [3.8, 4) is 11.4 Å². The molecule has 1 unspecified atom stereocenters. The van der Waals surface area contributed by atoms with Crippen molar-refractivity contribution in [1.82, 2.24) is 24.8 Å². The number of nitrogens with zero attached hydrogens (tertiary/aromatic N) is 4. The molecule has 3 heterocycles. The van der Waals surface area contributed by atoms with Gasteiger partial charge < -0.3 is 15.6 Å². The largest absolute Gasteiger partial charge is 0.338 e. The van der Waals surface area contributed by atoms with Crippen molar-refractivity contribution < 1.29 is 4.39 Å². The average Bonchev–Trinajstić information content (AvgIpc) is 3.52. The highest BCUT2D eigenvalue weighted by atomic mass is 19.1. The van der Waals surface area contributed by atoms with E-state index in [2.05, 4.69) is 16.9 Å². The van der Waals surface area contributed by atoms with Crippen LogP contribution in [-0.2, 0) is 0 Å². The van der Waals surface area contributed by atoms with Gasteiger partial charge in [-0.25, -0.2) is 19.3 Å². The van der Waals surface area contributed by atoms with E-state index in [4.69, 9.17) is 20.7 Å². The van der Waals surface area contributed by atoms with Crippen LogP contribution in [0.5, 0.6) is 0 Å². The zero-order valence-corrected chi connectivity index (χ0v) is 18.4. The molecule has 1 saturated carbocycles.